The Morgan fingerprint density at radius 1 is 1.61 bits per heavy atom. The van der Waals surface area contributed by atoms with Gasteiger partial charge in [0.05, 0.1) is 5.41 Å². The molecule has 2 rings (SSSR count). The fourth-order valence-electron chi connectivity index (χ4n) is 2.33. The van der Waals surface area contributed by atoms with Gasteiger partial charge in [0.2, 0.25) is 5.91 Å². The van der Waals surface area contributed by atoms with Gasteiger partial charge in [-0.25, -0.2) is 0 Å². The lowest BCUT2D eigenvalue weighted by Gasteiger charge is -2.32. The molecule has 1 unspecified atom stereocenters. The van der Waals surface area contributed by atoms with Crippen LogP contribution in [0.3, 0.4) is 0 Å². The third-order valence-corrected chi connectivity index (χ3v) is 3.57. The van der Waals surface area contributed by atoms with E-state index in [1.807, 2.05) is 25.3 Å². The zero-order valence-electron chi connectivity index (χ0n) is 10.9. The second-order valence-corrected chi connectivity index (χ2v) is 5.21. The lowest BCUT2D eigenvalue weighted by atomic mass is 9.82. The van der Waals surface area contributed by atoms with Gasteiger partial charge in [0.25, 0.3) is 0 Å². The Bertz CT molecular complexity index is 385. The van der Waals surface area contributed by atoms with E-state index in [0.29, 0.717) is 6.54 Å². The van der Waals surface area contributed by atoms with Gasteiger partial charge in [0, 0.05) is 25.5 Å². The van der Waals surface area contributed by atoms with Crippen molar-refractivity contribution in [3.05, 3.63) is 30.1 Å². The molecule has 0 radical (unpaired) electrons. The van der Waals surface area contributed by atoms with Gasteiger partial charge in [0.15, 0.2) is 0 Å². The molecule has 1 atom stereocenters. The van der Waals surface area contributed by atoms with Crippen LogP contribution in [0.15, 0.2) is 24.5 Å². The maximum Gasteiger partial charge on any atom is 0.227 e. The summed E-state index contributed by atoms with van der Waals surface area (Å²) in [6.07, 6.45) is 6.49. The molecule has 1 amide bonds. The fourth-order valence-corrected chi connectivity index (χ4v) is 2.33. The first kappa shape index (κ1) is 13.0. The average molecular weight is 247 g/mol. The minimum atomic E-state index is -0.243. The zero-order valence-corrected chi connectivity index (χ0v) is 10.9. The van der Waals surface area contributed by atoms with Crippen LogP contribution in [0.2, 0.25) is 0 Å². The first-order valence-corrected chi connectivity index (χ1v) is 6.59. The number of hydrogen-bond acceptors (Lipinski definition) is 3. The maximum absolute atomic E-state index is 12.1. The van der Waals surface area contributed by atoms with Crippen LogP contribution in [-0.4, -0.2) is 30.5 Å². The summed E-state index contributed by atoms with van der Waals surface area (Å²) in [5, 5.41) is 6.33. The first-order chi connectivity index (χ1) is 8.71. The number of carbonyl (C=O) groups excluding carboxylic acids is 1. The van der Waals surface area contributed by atoms with E-state index in [-0.39, 0.29) is 11.3 Å². The Morgan fingerprint density at radius 3 is 3.17 bits per heavy atom. The summed E-state index contributed by atoms with van der Waals surface area (Å²) >= 11 is 0. The van der Waals surface area contributed by atoms with Crippen molar-refractivity contribution in [1.29, 1.82) is 0 Å². The Labute approximate surface area is 108 Å². The van der Waals surface area contributed by atoms with E-state index in [1.54, 1.807) is 6.20 Å². The van der Waals surface area contributed by atoms with Crippen LogP contribution in [0, 0.1) is 5.41 Å². The van der Waals surface area contributed by atoms with E-state index in [0.717, 1.165) is 37.9 Å². The number of aromatic nitrogens is 1. The van der Waals surface area contributed by atoms with Crippen LogP contribution >= 0.6 is 0 Å². The first-order valence-electron chi connectivity index (χ1n) is 6.59. The zero-order chi connectivity index (χ0) is 12.8. The fraction of sp³-hybridized carbons (Fsp3) is 0.571. The SMILES string of the molecule is CC1(C(=O)NCCc2cccnc2)CCCNC1. The van der Waals surface area contributed by atoms with Gasteiger partial charge in [-0.15, -0.1) is 0 Å². The third kappa shape index (κ3) is 3.29. The smallest absolute Gasteiger partial charge is 0.227 e. The lowest BCUT2D eigenvalue weighted by molar-refractivity contribution is -0.131. The van der Waals surface area contributed by atoms with E-state index in [2.05, 4.69) is 15.6 Å². The molecular weight excluding hydrogens is 226 g/mol. The minimum Gasteiger partial charge on any atom is -0.355 e. The second-order valence-electron chi connectivity index (χ2n) is 5.21. The molecule has 0 aromatic carbocycles. The molecule has 1 aliphatic heterocycles. The molecule has 0 spiro atoms. The molecule has 4 heteroatoms. The van der Waals surface area contributed by atoms with Gasteiger partial charge >= 0.3 is 0 Å². The highest BCUT2D eigenvalue weighted by Crippen LogP contribution is 2.25. The molecule has 0 aliphatic carbocycles. The van der Waals surface area contributed by atoms with Gasteiger partial charge in [-0.1, -0.05) is 6.07 Å². The summed E-state index contributed by atoms with van der Waals surface area (Å²) in [4.78, 5) is 16.2. The molecule has 98 valence electrons. The van der Waals surface area contributed by atoms with Gasteiger partial charge in [-0.3, -0.25) is 9.78 Å². The van der Waals surface area contributed by atoms with Crippen molar-refractivity contribution in [1.82, 2.24) is 15.6 Å². The molecule has 0 saturated carbocycles. The number of hydrogen-bond donors (Lipinski definition) is 2. The molecule has 1 fully saturated rings. The number of piperidine rings is 1. The monoisotopic (exact) mass is 247 g/mol. The number of nitrogens with zero attached hydrogens (tertiary/aromatic N) is 1. The Balaban J connectivity index is 1.78. The van der Waals surface area contributed by atoms with Crippen molar-refractivity contribution in [3.8, 4) is 0 Å². The average Bonchev–Trinajstić information content (AvgIpc) is 2.41. The van der Waals surface area contributed by atoms with Gasteiger partial charge in [-0.05, 0) is 44.4 Å². The molecule has 1 aromatic rings. The summed E-state index contributed by atoms with van der Waals surface area (Å²) in [7, 11) is 0. The van der Waals surface area contributed by atoms with Crippen molar-refractivity contribution in [2.24, 2.45) is 5.41 Å². The minimum absolute atomic E-state index is 0.165. The number of nitrogens with one attached hydrogen (secondary N) is 2. The van der Waals surface area contributed by atoms with E-state index in [4.69, 9.17) is 0 Å². The Hall–Kier alpha value is -1.42. The highest BCUT2D eigenvalue weighted by molar-refractivity contribution is 5.82. The van der Waals surface area contributed by atoms with Crippen LogP contribution in [-0.2, 0) is 11.2 Å². The molecule has 0 bridgehead atoms. The highest BCUT2D eigenvalue weighted by Gasteiger charge is 2.34. The quantitative estimate of drug-likeness (QED) is 0.838. The molecular formula is C14H21N3O. The maximum atomic E-state index is 12.1. The summed E-state index contributed by atoms with van der Waals surface area (Å²) in [6.45, 7) is 4.53. The number of rotatable bonds is 4. The van der Waals surface area contributed by atoms with E-state index >= 15 is 0 Å². The normalized spacial score (nSPS) is 23.6. The third-order valence-electron chi connectivity index (χ3n) is 3.57. The molecule has 18 heavy (non-hydrogen) atoms. The Morgan fingerprint density at radius 2 is 2.50 bits per heavy atom. The summed E-state index contributed by atoms with van der Waals surface area (Å²) in [5.74, 6) is 0.165. The largest absolute Gasteiger partial charge is 0.355 e. The van der Waals surface area contributed by atoms with Crippen LogP contribution in [0.1, 0.15) is 25.3 Å². The van der Waals surface area contributed by atoms with Crippen molar-refractivity contribution >= 4 is 5.91 Å². The molecule has 1 aromatic heterocycles. The summed E-state index contributed by atoms with van der Waals surface area (Å²) in [5.41, 5.74) is 0.914. The van der Waals surface area contributed by atoms with Crippen molar-refractivity contribution in [3.63, 3.8) is 0 Å². The topological polar surface area (TPSA) is 54.0 Å². The molecule has 2 heterocycles. The summed E-state index contributed by atoms with van der Waals surface area (Å²) < 4.78 is 0. The van der Waals surface area contributed by atoms with Crippen molar-refractivity contribution in [2.45, 2.75) is 26.2 Å². The second kappa shape index (κ2) is 5.96. The van der Waals surface area contributed by atoms with Crippen molar-refractivity contribution in [2.75, 3.05) is 19.6 Å². The van der Waals surface area contributed by atoms with Crippen LogP contribution in [0.25, 0.3) is 0 Å². The van der Waals surface area contributed by atoms with E-state index < -0.39 is 0 Å². The van der Waals surface area contributed by atoms with Crippen molar-refractivity contribution < 1.29 is 4.79 Å². The predicted molar refractivity (Wildman–Crippen MR) is 71.2 cm³/mol. The Kier molecular flexibility index (Phi) is 4.31. The molecule has 1 saturated heterocycles. The van der Waals surface area contributed by atoms with Crippen LogP contribution in [0.4, 0.5) is 0 Å². The molecule has 1 aliphatic rings. The van der Waals surface area contributed by atoms with Crippen LogP contribution < -0.4 is 10.6 Å². The number of pyridine rings is 1. The number of amides is 1. The molecule has 4 nitrogen and oxygen atoms in total. The van der Waals surface area contributed by atoms with E-state index in [9.17, 15) is 4.79 Å². The number of carbonyl (C=O) groups is 1. The summed E-state index contributed by atoms with van der Waals surface area (Å²) in [6, 6.07) is 3.95. The van der Waals surface area contributed by atoms with Gasteiger partial charge in [-0.2, -0.15) is 0 Å². The van der Waals surface area contributed by atoms with Gasteiger partial charge < -0.3 is 10.6 Å². The van der Waals surface area contributed by atoms with Crippen LogP contribution in [0.5, 0.6) is 0 Å². The van der Waals surface area contributed by atoms with Gasteiger partial charge in [0.1, 0.15) is 0 Å². The highest BCUT2D eigenvalue weighted by atomic mass is 16.2. The predicted octanol–water partition coefficient (Wildman–Crippen LogP) is 1.13. The molecule has 2 N–H and O–H groups in total. The lowest BCUT2D eigenvalue weighted by Crippen LogP contribution is -2.49. The standard InChI is InChI=1S/C14H21N3O/c1-14(6-3-8-16-11-14)13(18)17-9-5-12-4-2-7-15-10-12/h2,4,7,10,16H,3,5-6,8-9,11H2,1H3,(H,17,18). The van der Waals surface area contributed by atoms with E-state index in [1.165, 1.54) is 0 Å².